The minimum Gasteiger partial charge on any atom is -0.493 e. The summed E-state index contributed by atoms with van der Waals surface area (Å²) in [6.07, 6.45) is 2.19. The van der Waals surface area contributed by atoms with E-state index in [1.165, 1.54) is 0 Å². The highest BCUT2D eigenvalue weighted by molar-refractivity contribution is 14.0. The van der Waals surface area contributed by atoms with Gasteiger partial charge in [0.25, 0.3) is 0 Å². The SMILES string of the molecule is CN=C(NCc1ccccc1OCCC(C)C)N1CCC(COCCOC)C1.I. The third kappa shape index (κ3) is 9.53. The highest BCUT2D eigenvalue weighted by atomic mass is 127. The molecule has 29 heavy (non-hydrogen) atoms. The van der Waals surface area contributed by atoms with E-state index in [1.807, 2.05) is 19.2 Å². The zero-order valence-corrected chi connectivity index (χ0v) is 20.7. The maximum absolute atomic E-state index is 6.00. The molecule has 0 aromatic heterocycles. The standard InChI is InChI=1S/C22H37N3O3.HI/c1-18(2)10-12-28-21-8-6-5-7-20(21)15-24-22(23-3)25-11-9-19(16-25)17-27-14-13-26-4;/h5-8,18-19H,9-17H2,1-4H3,(H,23,24);1H. The molecule has 0 radical (unpaired) electrons. The fourth-order valence-electron chi connectivity index (χ4n) is 3.26. The van der Waals surface area contributed by atoms with Gasteiger partial charge < -0.3 is 24.4 Å². The largest absolute Gasteiger partial charge is 0.493 e. The molecule has 6 nitrogen and oxygen atoms in total. The molecule has 0 saturated carbocycles. The normalized spacial score (nSPS) is 16.8. The van der Waals surface area contributed by atoms with Crippen LogP contribution >= 0.6 is 24.0 Å². The van der Waals surface area contributed by atoms with E-state index in [9.17, 15) is 0 Å². The fraction of sp³-hybridized carbons (Fsp3) is 0.682. The van der Waals surface area contributed by atoms with Crippen LogP contribution in [-0.4, -0.2) is 64.5 Å². The number of benzene rings is 1. The van der Waals surface area contributed by atoms with E-state index < -0.39 is 0 Å². The third-order valence-electron chi connectivity index (χ3n) is 4.94. The lowest BCUT2D eigenvalue weighted by Crippen LogP contribution is -2.40. The van der Waals surface area contributed by atoms with Crippen molar-refractivity contribution in [1.29, 1.82) is 0 Å². The molecular weight excluding hydrogens is 481 g/mol. The number of ether oxygens (including phenoxy) is 3. The first-order valence-electron chi connectivity index (χ1n) is 10.4. The number of guanidine groups is 1. The summed E-state index contributed by atoms with van der Waals surface area (Å²) in [7, 11) is 3.54. The lowest BCUT2D eigenvalue weighted by molar-refractivity contribution is 0.0536. The van der Waals surface area contributed by atoms with Gasteiger partial charge in [-0.15, -0.1) is 24.0 Å². The second kappa shape index (κ2) is 14.8. The van der Waals surface area contributed by atoms with Crippen LogP contribution in [-0.2, 0) is 16.0 Å². The molecule has 1 aliphatic heterocycles. The number of methoxy groups -OCH3 is 1. The van der Waals surface area contributed by atoms with Crippen LogP contribution in [0.2, 0.25) is 0 Å². The number of nitrogens with one attached hydrogen (secondary N) is 1. The molecule has 1 aromatic carbocycles. The molecule has 166 valence electrons. The van der Waals surface area contributed by atoms with Gasteiger partial charge in [-0.1, -0.05) is 32.0 Å². The van der Waals surface area contributed by atoms with Crippen molar-refractivity contribution >= 4 is 29.9 Å². The highest BCUT2D eigenvalue weighted by Gasteiger charge is 2.25. The van der Waals surface area contributed by atoms with Crippen LogP contribution in [0.15, 0.2) is 29.3 Å². The molecule has 1 atom stereocenters. The molecular formula is C22H38IN3O3. The molecule has 2 rings (SSSR count). The second-order valence-electron chi connectivity index (χ2n) is 7.71. The first-order chi connectivity index (χ1) is 13.6. The van der Waals surface area contributed by atoms with Gasteiger partial charge in [-0.25, -0.2) is 0 Å². The van der Waals surface area contributed by atoms with Crippen molar-refractivity contribution < 1.29 is 14.2 Å². The van der Waals surface area contributed by atoms with Gasteiger partial charge >= 0.3 is 0 Å². The van der Waals surface area contributed by atoms with Gasteiger partial charge in [0.15, 0.2) is 5.96 Å². The first kappa shape index (κ1) is 26.0. The van der Waals surface area contributed by atoms with Crippen LogP contribution in [0.5, 0.6) is 5.75 Å². The molecule has 1 fully saturated rings. The lowest BCUT2D eigenvalue weighted by Gasteiger charge is -2.22. The predicted molar refractivity (Wildman–Crippen MR) is 129 cm³/mol. The van der Waals surface area contributed by atoms with E-state index >= 15 is 0 Å². The van der Waals surface area contributed by atoms with Crippen molar-refractivity contribution in [3.05, 3.63) is 29.8 Å². The van der Waals surface area contributed by atoms with Crippen LogP contribution in [0.25, 0.3) is 0 Å². The van der Waals surface area contributed by atoms with Crippen molar-refractivity contribution in [1.82, 2.24) is 10.2 Å². The number of halogens is 1. The second-order valence-corrected chi connectivity index (χ2v) is 7.71. The van der Waals surface area contributed by atoms with E-state index in [1.54, 1.807) is 7.11 Å². The van der Waals surface area contributed by atoms with E-state index in [-0.39, 0.29) is 24.0 Å². The van der Waals surface area contributed by atoms with E-state index in [0.29, 0.717) is 31.6 Å². The molecule has 0 spiro atoms. The minimum atomic E-state index is 0. The van der Waals surface area contributed by atoms with Crippen LogP contribution in [0.1, 0.15) is 32.3 Å². The Balaban J connectivity index is 0.00000420. The van der Waals surface area contributed by atoms with Crippen LogP contribution in [0, 0.1) is 11.8 Å². The molecule has 0 amide bonds. The summed E-state index contributed by atoms with van der Waals surface area (Å²) in [4.78, 5) is 6.79. The number of aliphatic imine (C=N–C) groups is 1. The molecule has 0 bridgehead atoms. The van der Waals surface area contributed by atoms with Crippen molar-refractivity contribution in [2.24, 2.45) is 16.8 Å². The Morgan fingerprint density at radius 3 is 2.76 bits per heavy atom. The summed E-state index contributed by atoms with van der Waals surface area (Å²) in [6, 6.07) is 8.24. The van der Waals surface area contributed by atoms with Crippen molar-refractivity contribution in [2.45, 2.75) is 33.2 Å². The van der Waals surface area contributed by atoms with Gasteiger partial charge in [-0.3, -0.25) is 4.99 Å². The molecule has 1 heterocycles. The Kier molecular flexibility index (Phi) is 13.3. The average molecular weight is 519 g/mol. The number of nitrogens with zero attached hydrogens (tertiary/aromatic N) is 2. The predicted octanol–water partition coefficient (Wildman–Crippen LogP) is 3.79. The van der Waals surface area contributed by atoms with Crippen molar-refractivity contribution in [3.8, 4) is 5.75 Å². The Hall–Kier alpha value is -1.06. The number of hydrogen-bond donors (Lipinski definition) is 1. The fourth-order valence-corrected chi connectivity index (χ4v) is 3.26. The van der Waals surface area contributed by atoms with Gasteiger partial charge in [0.2, 0.25) is 0 Å². The lowest BCUT2D eigenvalue weighted by atomic mass is 10.1. The van der Waals surface area contributed by atoms with Gasteiger partial charge in [0.05, 0.1) is 26.4 Å². The average Bonchev–Trinajstić information content (AvgIpc) is 3.15. The summed E-state index contributed by atoms with van der Waals surface area (Å²) in [6.45, 7) is 9.95. The van der Waals surface area contributed by atoms with Gasteiger partial charge in [0, 0.05) is 45.3 Å². The zero-order chi connectivity index (χ0) is 20.2. The molecule has 1 unspecified atom stereocenters. The topological polar surface area (TPSA) is 55.3 Å². The van der Waals surface area contributed by atoms with E-state index in [2.05, 4.69) is 41.2 Å². The summed E-state index contributed by atoms with van der Waals surface area (Å²) >= 11 is 0. The monoisotopic (exact) mass is 519 g/mol. The third-order valence-corrected chi connectivity index (χ3v) is 4.94. The first-order valence-corrected chi connectivity index (χ1v) is 10.4. The van der Waals surface area contributed by atoms with E-state index in [4.69, 9.17) is 14.2 Å². The highest BCUT2D eigenvalue weighted by Crippen LogP contribution is 2.20. The molecule has 7 heteroatoms. The maximum atomic E-state index is 6.00. The summed E-state index contributed by atoms with van der Waals surface area (Å²) < 4.78 is 16.7. The number of likely N-dealkylation sites (tertiary alicyclic amines) is 1. The summed E-state index contributed by atoms with van der Waals surface area (Å²) in [5, 5.41) is 3.50. The Bertz CT molecular complexity index is 598. The molecule has 1 aliphatic rings. The maximum Gasteiger partial charge on any atom is 0.193 e. The molecule has 1 saturated heterocycles. The van der Waals surface area contributed by atoms with Gasteiger partial charge in [-0.05, 0) is 24.8 Å². The van der Waals surface area contributed by atoms with E-state index in [0.717, 1.165) is 56.4 Å². The number of rotatable bonds is 11. The molecule has 0 aliphatic carbocycles. The summed E-state index contributed by atoms with van der Waals surface area (Å²) in [5.74, 6) is 3.08. The van der Waals surface area contributed by atoms with Crippen molar-refractivity contribution in [2.75, 3.05) is 53.7 Å². The van der Waals surface area contributed by atoms with Gasteiger partial charge in [0.1, 0.15) is 5.75 Å². The summed E-state index contributed by atoms with van der Waals surface area (Å²) in [5.41, 5.74) is 1.16. The number of hydrogen-bond acceptors (Lipinski definition) is 4. The van der Waals surface area contributed by atoms with Crippen LogP contribution in [0.3, 0.4) is 0 Å². The Morgan fingerprint density at radius 1 is 1.24 bits per heavy atom. The van der Waals surface area contributed by atoms with Gasteiger partial charge in [-0.2, -0.15) is 0 Å². The Morgan fingerprint density at radius 2 is 2.03 bits per heavy atom. The smallest absolute Gasteiger partial charge is 0.193 e. The minimum absolute atomic E-state index is 0. The Labute approximate surface area is 193 Å². The molecule has 1 aromatic rings. The molecule has 1 N–H and O–H groups in total. The van der Waals surface area contributed by atoms with Crippen LogP contribution in [0.4, 0.5) is 0 Å². The zero-order valence-electron chi connectivity index (χ0n) is 18.4. The number of para-hydroxylation sites is 1. The quantitative estimate of drug-likeness (QED) is 0.209. The van der Waals surface area contributed by atoms with Crippen LogP contribution < -0.4 is 10.1 Å². The van der Waals surface area contributed by atoms with Crippen molar-refractivity contribution in [3.63, 3.8) is 0 Å².